The first-order chi connectivity index (χ1) is 9.56. The number of aromatic nitrogens is 2. The molecule has 2 rings (SSSR count). The van der Waals surface area contributed by atoms with E-state index in [1.54, 1.807) is 0 Å². The number of para-hydroxylation sites is 1. The second-order valence-corrected chi connectivity index (χ2v) is 6.00. The molecular weight excluding hydrogens is 272 g/mol. The van der Waals surface area contributed by atoms with Gasteiger partial charge in [-0.3, -0.25) is 4.79 Å². The van der Waals surface area contributed by atoms with Gasteiger partial charge in [-0.2, -0.15) is 5.10 Å². The second-order valence-electron chi connectivity index (χ2n) is 5.00. The third kappa shape index (κ3) is 3.87. The summed E-state index contributed by atoms with van der Waals surface area (Å²) in [5.74, 6) is -0.257. The largest absolute Gasteiger partial charge is 0.481 e. The number of thioether (sulfide) groups is 1. The Kier molecular flexibility index (Phi) is 4.84. The molecule has 20 heavy (non-hydrogen) atoms. The van der Waals surface area contributed by atoms with Crippen LogP contribution in [0.5, 0.6) is 0 Å². The number of aliphatic carboxylic acids is 1. The lowest BCUT2D eigenvalue weighted by Crippen LogP contribution is -2.02. The number of hydrogen-bond acceptors (Lipinski definition) is 3. The highest BCUT2D eigenvalue weighted by molar-refractivity contribution is 7.99. The van der Waals surface area contributed by atoms with E-state index in [0.29, 0.717) is 5.92 Å². The van der Waals surface area contributed by atoms with Crippen LogP contribution in [0.25, 0.3) is 5.69 Å². The number of rotatable bonds is 6. The van der Waals surface area contributed by atoms with Crippen LogP contribution in [0.15, 0.2) is 41.4 Å². The molecule has 0 spiro atoms. The van der Waals surface area contributed by atoms with Crippen molar-refractivity contribution < 1.29 is 9.90 Å². The number of nitrogens with zero attached hydrogens (tertiary/aromatic N) is 2. The Morgan fingerprint density at radius 1 is 1.35 bits per heavy atom. The average Bonchev–Trinajstić information content (AvgIpc) is 2.79. The third-order valence-corrected chi connectivity index (χ3v) is 3.67. The smallest absolute Gasteiger partial charge is 0.313 e. The Balaban J connectivity index is 2.31. The Labute approximate surface area is 122 Å². The highest BCUT2D eigenvalue weighted by atomic mass is 32.2. The summed E-state index contributed by atoms with van der Waals surface area (Å²) >= 11 is 1.30. The molecule has 0 aliphatic carbocycles. The first kappa shape index (κ1) is 14.7. The average molecular weight is 290 g/mol. The summed E-state index contributed by atoms with van der Waals surface area (Å²) in [7, 11) is 0. The number of carboxylic acid groups (broad SMARTS) is 1. The summed E-state index contributed by atoms with van der Waals surface area (Å²) in [4.78, 5) is 10.8. The van der Waals surface area contributed by atoms with E-state index in [1.807, 2.05) is 41.1 Å². The summed E-state index contributed by atoms with van der Waals surface area (Å²) in [5.41, 5.74) is 1.95. The minimum absolute atomic E-state index is 0.0413. The maximum atomic E-state index is 10.8. The molecule has 5 heteroatoms. The lowest BCUT2D eigenvalue weighted by atomic mass is 10.1. The van der Waals surface area contributed by atoms with Gasteiger partial charge in [0, 0.05) is 0 Å². The summed E-state index contributed by atoms with van der Waals surface area (Å²) in [5, 5.41) is 14.3. The van der Waals surface area contributed by atoms with E-state index >= 15 is 0 Å². The molecule has 0 aliphatic rings. The minimum atomic E-state index is -0.818. The zero-order valence-electron chi connectivity index (χ0n) is 11.6. The highest BCUT2D eigenvalue weighted by Gasteiger charge is 2.12. The lowest BCUT2D eigenvalue weighted by molar-refractivity contribution is -0.133. The van der Waals surface area contributed by atoms with E-state index in [1.165, 1.54) is 11.8 Å². The van der Waals surface area contributed by atoms with Crippen molar-refractivity contribution in [3.05, 3.63) is 42.1 Å². The molecule has 0 atom stereocenters. The minimum Gasteiger partial charge on any atom is -0.481 e. The molecule has 4 nitrogen and oxygen atoms in total. The van der Waals surface area contributed by atoms with Gasteiger partial charge in [-0.1, -0.05) is 43.8 Å². The van der Waals surface area contributed by atoms with E-state index in [-0.39, 0.29) is 5.75 Å². The van der Waals surface area contributed by atoms with E-state index in [9.17, 15) is 4.79 Å². The van der Waals surface area contributed by atoms with Crippen LogP contribution in [0.4, 0.5) is 0 Å². The predicted molar refractivity (Wildman–Crippen MR) is 80.5 cm³/mol. The fraction of sp³-hybridized carbons (Fsp3) is 0.333. The van der Waals surface area contributed by atoms with Gasteiger partial charge in [0.25, 0.3) is 0 Å². The van der Waals surface area contributed by atoms with E-state index in [2.05, 4.69) is 18.9 Å². The standard InChI is InChI=1S/C15H18N2O2S/c1-11(2)8-12-9-14(20-10-15(18)19)17(16-12)13-6-4-3-5-7-13/h3-7,9,11H,8,10H2,1-2H3,(H,18,19). The molecule has 0 bridgehead atoms. The maximum absolute atomic E-state index is 10.8. The van der Waals surface area contributed by atoms with Crippen molar-refractivity contribution >= 4 is 17.7 Å². The zero-order valence-corrected chi connectivity index (χ0v) is 12.4. The summed E-state index contributed by atoms with van der Waals surface area (Å²) in [6.45, 7) is 4.29. The molecule has 0 amide bonds. The SMILES string of the molecule is CC(C)Cc1cc(SCC(=O)O)n(-c2ccccc2)n1. The summed E-state index contributed by atoms with van der Waals surface area (Å²) in [6, 6.07) is 11.8. The zero-order chi connectivity index (χ0) is 14.5. The number of hydrogen-bond donors (Lipinski definition) is 1. The van der Waals surface area contributed by atoms with Gasteiger partial charge < -0.3 is 5.11 Å². The van der Waals surface area contributed by atoms with Gasteiger partial charge in [-0.15, -0.1) is 0 Å². The Hall–Kier alpha value is -1.75. The number of carboxylic acids is 1. The van der Waals surface area contributed by atoms with Gasteiger partial charge in [0.05, 0.1) is 17.1 Å². The molecule has 106 valence electrons. The van der Waals surface area contributed by atoms with Gasteiger partial charge in [0.1, 0.15) is 5.03 Å². The monoisotopic (exact) mass is 290 g/mol. The molecule has 1 heterocycles. The predicted octanol–water partition coefficient (Wildman–Crippen LogP) is 3.25. The van der Waals surface area contributed by atoms with Crippen LogP contribution in [0.3, 0.4) is 0 Å². The van der Waals surface area contributed by atoms with Gasteiger partial charge in [0.15, 0.2) is 0 Å². The topological polar surface area (TPSA) is 55.1 Å². The van der Waals surface area contributed by atoms with Crippen molar-refractivity contribution in [1.82, 2.24) is 9.78 Å². The first-order valence-corrected chi connectivity index (χ1v) is 7.54. The van der Waals surface area contributed by atoms with Crippen LogP contribution in [0, 0.1) is 5.92 Å². The first-order valence-electron chi connectivity index (χ1n) is 6.55. The van der Waals surface area contributed by atoms with Gasteiger partial charge >= 0.3 is 5.97 Å². The molecular formula is C15H18N2O2S. The van der Waals surface area contributed by atoms with E-state index < -0.39 is 5.97 Å². The molecule has 0 fully saturated rings. The molecule has 0 saturated carbocycles. The normalized spacial score (nSPS) is 10.9. The van der Waals surface area contributed by atoms with Crippen LogP contribution in [0.1, 0.15) is 19.5 Å². The summed E-state index contributed by atoms with van der Waals surface area (Å²) < 4.78 is 1.82. The lowest BCUT2D eigenvalue weighted by Gasteiger charge is -2.05. The highest BCUT2D eigenvalue weighted by Crippen LogP contribution is 2.24. The van der Waals surface area contributed by atoms with Crippen LogP contribution in [-0.4, -0.2) is 26.6 Å². The van der Waals surface area contributed by atoms with E-state index in [0.717, 1.165) is 22.8 Å². The molecule has 2 aromatic rings. The van der Waals surface area contributed by atoms with Gasteiger partial charge in [-0.25, -0.2) is 4.68 Å². The van der Waals surface area contributed by atoms with Crippen LogP contribution in [0.2, 0.25) is 0 Å². The van der Waals surface area contributed by atoms with Crippen LogP contribution in [-0.2, 0) is 11.2 Å². The Bertz CT molecular complexity index is 579. The quantitative estimate of drug-likeness (QED) is 0.830. The number of benzene rings is 1. The molecule has 0 saturated heterocycles. The second kappa shape index (κ2) is 6.61. The molecule has 1 aromatic heterocycles. The number of carbonyl (C=O) groups is 1. The van der Waals surface area contributed by atoms with Crippen LogP contribution >= 0.6 is 11.8 Å². The maximum Gasteiger partial charge on any atom is 0.313 e. The van der Waals surface area contributed by atoms with Crippen molar-refractivity contribution in [2.45, 2.75) is 25.3 Å². The van der Waals surface area contributed by atoms with Gasteiger partial charge in [-0.05, 0) is 30.5 Å². The van der Waals surface area contributed by atoms with Crippen molar-refractivity contribution in [1.29, 1.82) is 0 Å². The molecule has 0 unspecified atom stereocenters. The molecule has 0 radical (unpaired) electrons. The molecule has 0 aliphatic heterocycles. The van der Waals surface area contributed by atoms with E-state index in [4.69, 9.17) is 5.11 Å². The fourth-order valence-electron chi connectivity index (χ4n) is 1.92. The Morgan fingerprint density at radius 3 is 2.65 bits per heavy atom. The summed E-state index contributed by atoms with van der Waals surface area (Å²) in [6.07, 6.45) is 0.889. The van der Waals surface area contributed by atoms with Crippen molar-refractivity contribution in [3.8, 4) is 5.69 Å². The third-order valence-electron chi connectivity index (χ3n) is 2.69. The molecule has 1 aromatic carbocycles. The Morgan fingerprint density at radius 2 is 2.05 bits per heavy atom. The van der Waals surface area contributed by atoms with Crippen molar-refractivity contribution in [2.24, 2.45) is 5.92 Å². The van der Waals surface area contributed by atoms with Gasteiger partial charge in [0.2, 0.25) is 0 Å². The fourth-order valence-corrected chi connectivity index (χ4v) is 2.68. The van der Waals surface area contributed by atoms with Crippen molar-refractivity contribution in [3.63, 3.8) is 0 Å². The van der Waals surface area contributed by atoms with Crippen LogP contribution < -0.4 is 0 Å². The van der Waals surface area contributed by atoms with Crippen molar-refractivity contribution in [2.75, 3.05) is 5.75 Å². The molecule has 1 N–H and O–H groups in total.